The molecule has 0 aliphatic carbocycles. The molecule has 1 atom stereocenters. The predicted octanol–water partition coefficient (Wildman–Crippen LogP) is 1.09. The van der Waals surface area contributed by atoms with E-state index in [2.05, 4.69) is 9.97 Å². The maximum absolute atomic E-state index is 12.4. The molecule has 1 aliphatic heterocycles. The van der Waals surface area contributed by atoms with E-state index >= 15 is 0 Å². The highest BCUT2D eigenvalue weighted by Gasteiger charge is 2.29. The zero-order valence-electron chi connectivity index (χ0n) is 14.6. The van der Waals surface area contributed by atoms with Crippen LogP contribution in [0.4, 0.5) is 11.6 Å². The second-order valence-corrected chi connectivity index (χ2v) is 6.81. The van der Waals surface area contributed by atoms with E-state index in [4.69, 9.17) is 0 Å². The van der Waals surface area contributed by atoms with Crippen LogP contribution in [0.2, 0.25) is 0 Å². The van der Waals surface area contributed by atoms with Gasteiger partial charge in [-0.25, -0.2) is 4.79 Å². The molecule has 0 radical (unpaired) electrons. The SMILES string of the molecule is Cn1c(=O)[nH]c(=O)c2c1nc1n2C[C@H](O)CN1c1ccc2ccccc2c1. The molecule has 0 saturated carbocycles. The van der Waals surface area contributed by atoms with E-state index in [1.54, 1.807) is 11.6 Å². The second-order valence-electron chi connectivity index (χ2n) is 6.81. The van der Waals surface area contributed by atoms with Crippen LogP contribution in [-0.4, -0.2) is 36.9 Å². The van der Waals surface area contributed by atoms with Gasteiger partial charge in [0.25, 0.3) is 5.56 Å². The molecule has 5 rings (SSSR count). The zero-order valence-corrected chi connectivity index (χ0v) is 14.6. The number of aliphatic hydroxyl groups excluding tert-OH is 1. The number of aryl methyl sites for hydroxylation is 1. The summed E-state index contributed by atoms with van der Waals surface area (Å²) < 4.78 is 2.99. The van der Waals surface area contributed by atoms with Crippen LogP contribution in [0.15, 0.2) is 52.1 Å². The molecule has 2 aromatic heterocycles. The molecule has 0 saturated heterocycles. The Kier molecular flexibility index (Phi) is 3.26. The van der Waals surface area contributed by atoms with Crippen LogP contribution in [0.5, 0.6) is 0 Å². The van der Waals surface area contributed by atoms with Crippen LogP contribution in [0, 0.1) is 0 Å². The topological polar surface area (TPSA) is 96.2 Å². The summed E-state index contributed by atoms with van der Waals surface area (Å²) in [6.45, 7) is 0.602. The lowest BCUT2D eigenvalue weighted by Gasteiger charge is -2.32. The molecule has 8 heteroatoms. The van der Waals surface area contributed by atoms with Gasteiger partial charge in [-0.2, -0.15) is 4.98 Å². The Bertz CT molecular complexity index is 1320. The highest BCUT2D eigenvalue weighted by Crippen LogP contribution is 2.32. The van der Waals surface area contributed by atoms with Crippen LogP contribution < -0.4 is 16.1 Å². The summed E-state index contributed by atoms with van der Waals surface area (Å²) in [4.78, 5) is 33.1. The van der Waals surface area contributed by atoms with Crippen molar-refractivity contribution in [2.24, 2.45) is 7.05 Å². The number of aromatic nitrogens is 4. The third-order valence-corrected chi connectivity index (χ3v) is 5.06. The Labute approximate surface area is 152 Å². The number of benzene rings is 2. The van der Waals surface area contributed by atoms with Crippen LogP contribution in [0.1, 0.15) is 0 Å². The van der Waals surface area contributed by atoms with E-state index in [1.807, 2.05) is 47.4 Å². The molecule has 2 N–H and O–H groups in total. The Morgan fingerprint density at radius 3 is 2.70 bits per heavy atom. The minimum Gasteiger partial charge on any atom is -0.389 e. The molecule has 27 heavy (non-hydrogen) atoms. The van der Waals surface area contributed by atoms with Gasteiger partial charge in [0, 0.05) is 12.7 Å². The molecular weight excluding hydrogens is 346 g/mol. The molecular formula is C19H17N5O3. The first-order valence-corrected chi connectivity index (χ1v) is 8.67. The smallest absolute Gasteiger partial charge is 0.329 e. The van der Waals surface area contributed by atoms with Gasteiger partial charge >= 0.3 is 5.69 Å². The van der Waals surface area contributed by atoms with Gasteiger partial charge in [-0.15, -0.1) is 0 Å². The lowest BCUT2D eigenvalue weighted by Crippen LogP contribution is -2.39. The molecule has 0 amide bonds. The summed E-state index contributed by atoms with van der Waals surface area (Å²) in [7, 11) is 1.57. The van der Waals surface area contributed by atoms with Gasteiger partial charge < -0.3 is 14.6 Å². The second kappa shape index (κ2) is 5.55. The van der Waals surface area contributed by atoms with Gasteiger partial charge in [-0.05, 0) is 22.9 Å². The summed E-state index contributed by atoms with van der Waals surface area (Å²) in [5.74, 6) is 0.539. The van der Waals surface area contributed by atoms with E-state index in [-0.39, 0.29) is 12.1 Å². The highest BCUT2D eigenvalue weighted by atomic mass is 16.3. The number of hydrogen-bond donors (Lipinski definition) is 2. The van der Waals surface area contributed by atoms with Crippen molar-refractivity contribution in [1.82, 2.24) is 19.1 Å². The number of nitrogens with one attached hydrogen (secondary N) is 1. The fourth-order valence-corrected chi connectivity index (χ4v) is 3.73. The third kappa shape index (κ3) is 2.30. The van der Waals surface area contributed by atoms with Crippen molar-refractivity contribution in [1.29, 1.82) is 0 Å². The molecule has 3 heterocycles. The van der Waals surface area contributed by atoms with Gasteiger partial charge in [0.15, 0.2) is 11.2 Å². The predicted molar refractivity (Wildman–Crippen MR) is 103 cm³/mol. The first kappa shape index (κ1) is 15.8. The lowest BCUT2D eigenvalue weighted by atomic mass is 10.1. The van der Waals surface area contributed by atoms with Crippen molar-refractivity contribution in [2.45, 2.75) is 12.6 Å². The Balaban J connectivity index is 1.77. The van der Waals surface area contributed by atoms with Crippen LogP contribution in [0.3, 0.4) is 0 Å². The largest absolute Gasteiger partial charge is 0.389 e. The third-order valence-electron chi connectivity index (χ3n) is 5.06. The van der Waals surface area contributed by atoms with Crippen molar-refractivity contribution in [3.8, 4) is 0 Å². The van der Waals surface area contributed by atoms with Gasteiger partial charge in [0.1, 0.15) is 0 Å². The van der Waals surface area contributed by atoms with Gasteiger partial charge in [0.05, 0.1) is 19.2 Å². The number of hydrogen-bond acceptors (Lipinski definition) is 5. The minimum absolute atomic E-state index is 0.247. The zero-order chi connectivity index (χ0) is 18.7. The summed E-state index contributed by atoms with van der Waals surface area (Å²) in [5.41, 5.74) is 0.445. The fraction of sp³-hybridized carbons (Fsp3) is 0.211. The average Bonchev–Trinajstić information content (AvgIpc) is 3.05. The number of nitrogens with zero attached hydrogens (tertiary/aromatic N) is 4. The highest BCUT2D eigenvalue weighted by molar-refractivity contribution is 5.87. The summed E-state index contributed by atoms with van der Waals surface area (Å²) in [6, 6.07) is 14.0. The van der Waals surface area contributed by atoms with E-state index in [9.17, 15) is 14.7 Å². The first-order chi connectivity index (χ1) is 13.0. The number of fused-ring (bicyclic) bond motifs is 4. The molecule has 0 bridgehead atoms. The van der Waals surface area contributed by atoms with Crippen molar-refractivity contribution in [3.05, 3.63) is 63.3 Å². The van der Waals surface area contributed by atoms with Crippen molar-refractivity contribution >= 4 is 33.6 Å². The maximum atomic E-state index is 12.4. The number of H-pyrrole nitrogens is 1. The molecule has 4 aromatic rings. The number of aliphatic hydroxyl groups is 1. The molecule has 2 aromatic carbocycles. The van der Waals surface area contributed by atoms with Crippen molar-refractivity contribution in [3.63, 3.8) is 0 Å². The lowest BCUT2D eigenvalue weighted by molar-refractivity contribution is 0.154. The number of β-amino-alcohol motifs (C(OH)–C–C–N with tert-alkyl or cyclic N) is 1. The fourth-order valence-electron chi connectivity index (χ4n) is 3.73. The molecule has 136 valence electrons. The molecule has 8 nitrogen and oxygen atoms in total. The van der Waals surface area contributed by atoms with Crippen molar-refractivity contribution < 1.29 is 5.11 Å². The van der Waals surface area contributed by atoms with Crippen LogP contribution in [0.25, 0.3) is 21.9 Å². The number of rotatable bonds is 1. The van der Waals surface area contributed by atoms with Crippen LogP contribution in [-0.2, 0) is 13.6 Å². The van der Waals surface area contributed by atoms with E-state index < -0.39 is 17.4 Å². The van der Waals surface area contributed by atoms with Crippen molar-refractivity contribution in [2.75, 3.05) is 11.4 Å². The van der Waals surface area contributed by atoms with Gasteiger partial charge in [0.2, 0.25) is 5.95 Å². The van der Waals surface area contributed by atoms with Gasteiger partial charge in [-0.3, -0.25) is 14.3 Å². The average molecular weight is 363 g/mol. The van der Waals surface area contributed by atoms with E-state index in [1.165, 1.54) is 4.57 Å². The van der Waals surface area contributed by atoms with Gasteiger partial charge in [-0.1, -0.05) is 30.3 Å². The maximum Gasteiger partial charge on any atom is 0.329 e. The summed E-state index contributed by atoms with van der Waals surface area (Å²) in [6.07, 6.45) is -0.669. The summed E-state index contributed by atoms with van der Waals surface area (Å²) >= 11 is 0. The number of aromatic amines is 1. The monoisotopic (exact) mass is 363 g/mol. The summed E-state index contributed by atoms with van der Waals surface area (Å²) in [5, 5.41) is 12.6. The van der Waals surface area contributed by atoms with E-state index in [0.717, 1.165) is 16.5 Å². The van der Waals surface area contributed by atoms with E-state index in [0.29, 0.717) is 18.1 Å². The quantitative estimate of drug-likeness (QED) is 0.528. The molecule has 0 spiro atoms. The molecule has 0 unspecified atom stereocenters. The minimum atomic E-state index is -0.669. The number of imidazole rings is 1. The number of anilines is 2. The Hall–Kier alpha value is -3.39. The first-order valence-electron chi connectivity index (χ1n) is 8.67. The molecule has 0 fully saturated rings. The van der Waals surface area contributed by atoms with Crippen LogP contribution >= 0.6 is 0 Å². The standard InChI is InChI=1S/C19H17N5O3/c1-22-16-15(17(26)21-19(22)27)24-10-14(25)9-23(18(24)20-16)13-7-6-11-4-2-3-5-12(11)8-13/h2-8,14,25H,9-10H2,1H3,(H,21,26,27)/t14-/m1/s1. The Morgan fingerprint density at radius 2 is 1.89 bits per heavy atom. The molecule has 1 aliphatic rings. The Morgan fingerprint density at radius 1 is 1.11 bits per heavy atom. The normalized spacial score (nSPS) is 16.8.